The number of hydrogen-bond acceptors (Lipinski definition) is 3. The van der Waals surface area contributed by atoms with Gasteiger partial charge in [-0.15, -0.1) is 0 Å². The summed E-state index contributed by atoms with van der Waals surface area (Å²) in [5.74, 6) is 1.57. The van der Waals surface area contributed by atoms with Crippen molar-refractivity contribution in [2.45, 2.75) is 57.7 Å². The normalized spacial score (nSPS) is 27.3. The minimum atomic E-state index is -0.485. The number of rotatable bonds is 6. The second-order valence-corrected chi connectivity index (χ2v) is 6.21. The Morgan fingerprint density at radius 1 is 1.29 bits per heavy atom. The van der Waals surface area contributed by atoms with Crippen LogP contribution in [-0.4, -0.2) is 30.5 Å². The molecule has 0 aromatic heterocycles. The first-order valence-corrected chi connectivity index (χ1v) is 8.05. The molecule has 1 atom stereocenters. The molecule has 3 heteroatoms. The first-order valence-electron chi connectivity index (χ1n) is 8.05. The van der Waals surface area contributed by atoms with E-state index in [2.05, 4.69) is 6.92 Å². The molecule has 0 bridgehead atoms. The predicted molar refractivity (Wildman–Crippen MR) is 84.7 cm³/mol. The van der Waals surface area contributed by atoms with Gasteiger partial charge in [0.1, 0.15) is 5.75 Å². The van der Waals surface area contributed by atoms with E-state index in [4.69, 9.17) is 9.47 Å². The van der Waals surface area contributed by atoms with Crippen LogP contribution >= 0.6 is 0 Å². The Hall–Kier alpha value is -1.06. The minimum Gasteiger partial charge on any atom is -0.496 e. The van der Waals surface area contributed by atoms with Crippen molar-refractivity contribution in [1.82, 2.24) is 0 Å². The number of para-hydroxylation sites is 1. The Morgan fingerprint density at radius 2 is 1.95 bits per heavy atom. The van der Waals surface area contributed by atoms with E-state index in [0.717, 1.165) is 42.9 Å². The summed E-state index contributed by atoms with van der Waals surface area (Å²) in [4.78, 5) is 0. The monoisotopic (exact) mass is 292 g/mol. The molecular formula is C18H28O3. The summed E-state index contributed by atoms with van der Waals surface area (Å²) in [6.07, 6.45) is 4.24. The lowest BCUT2D eigenvalue weighted by molar-refractivity contribution is -0.143. The van der Waals surface area contributed by atoms with E-state index >= 15 is 0 Å². The van der Waals surface area contributed by atoms with Crippen molar-refractivity contribution in [1.29, 1.82) is 0 Å². The lowest BCUT2D eigenvalue weighted by atomic mass is 9.75. The third kappa shape index (κ3) is 3.78. The van der Waals surface area contributed by atoms with Crippen molar-refractivity contribution in [3.8, 4) is 5.75 Å². The van der Waals surface area contributed by atoms with Crippen molar-refractivity contribution < 1.29 is 14.6 Å². The molecule has 3 nitrogen and oxygen atoms in total. The summed E-state index contributed by atoms with van der Waals surface area (Å²) < 4.78 is 11.4. The van der Waals surface area contributed by atoms with Crippen LogP contribution in [0.2, 0.25) is 0 Å². The molecule has 1 aliphatic carbocycles. The molecule has 0 spiro atoms. The Balaban J connectivity index is 2.13. The molecule has 0 amide bonds. The number of benzene rings is 1. The highest BCUT2D eigenvalue weighted by molar-refractivity contribution is 5.34. The number of hydrogen-bond donors (Lipinski definition) is 1. The average molecular weight is 292 g/mol. The number of aliphatic hydroxyl groups is 1. The zero-order valence-electron chi connectivity index (χ0n) is 13.5. The molecule has 1 aliphatic rings. The van der Waals surface area contributed by atoms with Crippen LogP contribution in [0.3, 0.4) is 0 Å². The molecule has 1 saturated carbocycles. The minimum absolute atomic E-state index is 0.387. The van der Waals surface area contributed by atoms with Crippen molar-refractivity contribution >= 4 is 0 Å². The zero-order valence-corrected chi connectivity index (χ0v) is 13.5. The fraction of sp³-hybridized carbons (Fsp3) is 0.667. The smallest absolute Gasteiger partial charge is 0.122 e. The van der Waals surface area contributed by atoms with Gasteiger partial charge in [0, 0.05) is 13.0 Å². The maximum atomic E-state index is 10.8. The molecule has 21 heavy (non-hydrogen) atoms. The van der Waals surface area contributed by atoms with Crippen molar-refractivity contribution in [2.24, 2.45) is 5.92 Å². The van der Waals surface area contributed by atoms with Gasteiger partial charge in [0.15, 0.2) is 0 Å². The van der Waals surface area contributed by atoms with E-state index in [1.807, 2.05) is 31.2 Å². The Bertz CT molecular complexity index is 436. The van der Waals surface area contributed by atoms with Crippen LogP contribution < -0.4 is 4.74 Å². The van der Waals surface area contributed by atoms with E-state index in [0.29, 0.717) is 13.0 Å². The highest BCUT2D eigenvalue weighted by Crippen LogP contribution is 2.38. The fourth-order valence-corrected chi connectivity index (χ4v) is 3.38. The third-order valence-corrected chi connectivity index (χ3v) is 4.77. The van der Waals surface area contributed by atoms with Crippen LogP contribution in [0.25, 0.3) is 0 Å². The summed E-state index contributed by atoms with van der Waals surface area (Å²) in [6, 6.07) is 7.90. The van der Waals surface area contributed by atoms with E-state index in [9.17, 15) is 5.11 Å². The highest BCUT2D eigenvalue weighted by Gasteiger charge is 2.41. The van der Waals surface area contributed by atoms with E-state index in [-0.39, 0.29) is 5.60 Å². The lowest BCUT2D eigenvalue weighted by Gasteiger charge is -2.42. The molecule has 1 unspecified atom stereocenters. The van der Waals surface area contributed by atoms with Gasteiger partial charge in [-0.2, -0.15) is 0 Å². The van der Waals surface area contributed by atoms with Crippen molar-refractivity contribution in [3.05, 3.63) is 29.8 Å². The molecule has 118 valence electrons. The van der Waals surface area contributed by atoms with Gasteiger partial charge < -0.3 is 14.6 Å². The molecule has 1 aromatic rings. The number of ether oxygens (including phenoxy) is 2. The topological polar surface area (TPSA) is 38.7 Å². The van der Waals surface area contributed by atoms with Gasteiger partial charge in [-0.25, -0.2) is 0 Å². The summed E-state index contributed by atoms with van der Waals surface area (Å²) in [7, 11) is 1.67. The molecule has 0 heterocycles. The van der Waals surface area contributed by atoms with E-state index < -0.39 is 6.10 Å². The molecule has 1 aromatic carbocycles. The van der Waals surface area contributed by atoms with Gasteiger partial charge in [0.2, 0.25) is 0 Å². The largest absolute Gasteiger partial charge is 0.496 e. The SMILES string of the molecule is CCOC1(C(O)Cc2ccccc2OC)CCC(C)CC1. The van der Waals surface area contributed by atoms with E-state index in [1.165, 1.54) is 0 Å². The van der Waals surface area contributed by atoms with Gasteiger partial charge in [0.05, 0.1) is 18.8 Å². The van der Waals surface area contributed by atoms with Crippen LogP contribution in [0, 0.1) is 5.92 Å². The first kappa shape index (κ1) is 16.3. The van der Waals surface area contributed by atoms with Crippen LogP contribution in [0.4, 0.5) is 0 Å². The van der Waals surface area contributed by atoms with Crippen molar-refractivity contribution in [3.63, 3.8) is 0 Å². The molecule has 1 N–H and O–H groups in total. The van der Waals surface area contributed by atoms with Crippen LogP contribution in [0.5, 0.6) is 5.75 Å². The molecule has 0 radical (unpaired) electrons. The number of aliphatic hydroxyl groups excluding tert-OH is 1. The van der Waals surface area contributed by atoms with E-state index in [1.54, 1.807) is 7.11 Å². The third-order valence-electron chi connectivity index (χ3n) is 4.77. The lowest BCUT2D eigenvalue weighted by Crippen LogP contribution is -2.48. The van der Waals surface area contributed by atoms with Gasteiger partial charge in [0.25, 0.3) is 0 Å². The first-order chi connectivity index (χ1) is 10.1. The van der Waals surface area contributed by atoms with Crippen LogP contribution in [0.1, 0.15) is 45.1 Å². The zero-order chi connectivity index (χ0) is 15.3. The van der Waals surface area contributed by atoms with Crippen LogP contribution in [-0.2, 0) is 11.2 Å². The second kappa shape index (κ2) is 7.28. The Kier molecular flexibility index (Phi) is 5.65. The summed E-state index contributed by atoms with van der Waals surface area (Å²) >= 11 is 0. The number of methoxy groups -OCH3 is 1. The quantitative estimate of drug-likeness (QED) is 0.871. The van der Waals surface area contributed by atoms with Gasteiger partial charge in [-0.3, -0.25) is 0 Å². The van der Waals surface area contributed by atoms with Gasteiger partial charge in [-0.05, 0) is 50.2 Å². The second-order valence-electron chi connectivity index (χ2n) is 6.21. The Labute approximate surface area is 128 Å². The summed E-state index contributed by atoms with van der Waals surface area (Å²) in [5.41, 5.74) is 0.660. The van der Waals surface area contributed by atoms with Crippen molar-refractivity contribution in [2.75, 3.05) is 13.7 Å². The summed E-state index contributed by atoms with van der Waals surface area (Å²) in [5, 5.41) is 10.8. The average Bonchev–Trinajstić information content (AvgIpc) is 2.50. The highest BCUT2D eigenvalue weighted by atomic mass is 16.5. The molecule has 0 saturated heterocycles. The van der Waals surface area contributed by atoms with Gasteiger partial charge >= 0.3 is 0 Å². The fourth-order valence-electron chi connectivity index (χ4n) is 3.38. The maximum Gasteiger partial charge on any atom is 0.122 e. The molecule has 1 fully saturated rings. The van der Waals surface area contributed by atoms with Crippen LogP contribution in [0.15, 0.2) is 24.3 Å². The molecule has 0 aliphatic heterocycles. The molecular weight excluding hydrogens is 264 g/mol. The maximum absolute atomic E-state index is 10.8. The predicted octanol–water partition coefficient (Wildman–Crippen LogP) is 3.58. The summed E-state index contributed by atoms with van der Waals surface area (Å²) in [6.45, 7) is 4.94. The Morgan fingerprint density at radius 3 is 2.57 bits per heavy atom. The van der Waals surface area contributed by atoms with Gasteiger partial charge in [-0.1, -0.05) is 25.1 Å². The molecule has 2 rings (SSSR count). The standard InChI is InChI=1S/C18H28O3/c1-4-21-18(11-9-14(2)10-12-18)17(19)13-15-7-5-6-8-16(15)20-3/h5-8,14,17,19H,4,9-13H2,1-3H3.